The fraction of sp³-hybridized carbons (Fsp3) is 0.289. The van der Waals surface area contributed by atoms with Crippen LogP contribution in [0.2, 0.25) is 5.02 Å². The van der Waals surface area contributed by atoms with Crippen molar-refractivity contribution in [3.05, 3.63) is 113 Å². The number of hydrogen-bond acceptors (Lipinski definition) is 7. The van der Waals surface area contributed by atoms with Gasteiger partial charge in [-0.05, 0) is 96.5 Å². The number of rotatable bonds is 8. The van der Waals surface area contributed by atoms with E-state index in [0.29, 0.717) is 5.56 Å². The molecular formula is C38H38ClFN6O3S. The summed E-state index contributed by atoms with van der Waals surface area (Å²) in [6, 6.07) is 22.0. The molecule has 2 aromatic heterocycles. The molecule has 7 rings (SSSR count). The van der Waals surface area contributed by atoms with Gasteiger partial charge in [-0.1, -0.05) is 49.2 Å². The maximum Gasteiger partial charge on any atom is 0.283 e. The van der Waals surface area contributed by atoms with E-state index in [1.165, 1.54) is 35.3 Å². The molecule has 1 saturated heterocycles. The lowest BCUT2D eigenvalue weighted by atomic mass is 9.72. The van der Waals surface area contributed by atoms with Gasteiger partial charge >= 0.3 is 0 Å². The Morgan fingerprint density at radius 1 is 0.960 bits per heavy atom. The molecule has 258 valence electrons. The molecule has 0 spiro atoms. The highest BCUT2D eigenvalue weighted by atomic mass is 35.5. The summed E-state index contributed by atoms with van der Waals surface area (Å²) in [6.45, 7) is 9.01. The molecule has 1 fully saturated rings. The summed E-state index contributed by atoms with van der Waals surface area (Å²) in [5, 5.41) is 8.28. The summed E-state index contributed by atoms with van der Waals surface area (Å²) < 4.78 is 43.2. The zero-order valence-corrected chi connectivity index (χ0v) is 29.5. The molecule has 3 heterocycles. The third kappa shape index (κ3) is 7.31. The molecule has 0 radical (unpaired) electrons. The van der Waals surface area contributed by atoms with Crippen molar-refractivity contribution < 1.29 is 17.6 Å². The second kappa shape index (κ2) is 13.6. The van der Waals surface area contributed by atoms with Crippen LogP contribution < -0.4 is 9.62 Å². The van der Waals surface area contributed by atoms with Gasteiger partial charge in [0.2, 0.25) is 0 Å². The van der Waals surface area contributed by atoms with Crippen molar-refractivity contribution in [2.45, 2.75) is 38.0 Å². The van der Waals surface area contributed by atoms with Gasteiger partial charge in [0.15, 0.2) is 0 Å². The molecule has 0 unspecified atom stereocenters. The summed E-state index contributed by atoms with van der Waals surface area (Å²) >= 11 is 6.18. The smallest absolute Gasteiger partial charge is 0.283 e. The highest BCUT2D eigenvalue weighted by Gasteiger charge is 2.29. The molecular weight excluding hydrogens is 675 g/mol. The lowest BCUT2D eigenvalue weighted by Gasteiger charge is -2.39. The third-order valence-electron chi connectivity index (χ3n) is 9.70. The van der Waals surface area contributed by atoms with E-state index in [0.717, 1.165) is 79.3 Å². The summed E-state index contributed by atoms with van der Waals surface area (Å²) in [7, 11) is -4.21. The van der Waals surface area contributed by atoms with Crippen molar-refractivity contribution in [3.8, 4) is 11.3 Å². The number of H-pyrrole nitrogens is 1. The van der Waals surface area contributed by atoms with Crippen LogP contribution in [0.5, 0.6) is 0 Å². The van der Waals surface area contributed by atoms with E-state index >= 15 is 0 Å². The number of hydrogen-bond donors (Lipinski definition) is 2. The maximum absolute atomic E-state index is 14.7. The van der Waals surface area contributed by atoms with Gasteiger partial charge in [0.25, 0.3) is 15.9 Å². The molecule has 0 saturated carbocycles. The first-order valence-corrected chi connectivity index (χ1v) is 18.5. The zero-order chi connectivity index (χ0) is 35.0. The molecule has 0 bridgehead atoms. The molecule has 1 aliphatic carbocycles. The second-order valence-corrected chi connectivity index (χ2v) is 15.9. The molecule has 50 heavy (non-hydrogen) atoms. The van der Waals surface area contributed by atoms with Gasteiger partial charge in [0, 0.05) is 54.4 Å². The fourth-order valence-corrected chi connectivity index (χ4v) is 7.92. The third-order valence-corrected chi connectivity index (χ3v) is 11.3. The number of carbonyl (C=O) groups excluding carboxylic acids is 1. The Kier molecular flexibility index (Phi) is 9.23. The number of nitrogens with one attached hydrogen (secondary N) is 2. The largest absolute Gasteiger partial charge is 0.369 e. The van der Waals surface area contributed by atoms with E-state index < -0.39 is 21.7 Å². The van der Waals surface area contributed by atoms with Gasteiger partial charge in [0.05, 0.1) is 16.6 Å². The number of nitrogens with zero attached hydrogens (tertiary/aromatic N) is 4. The van der Waals surface area contributed by atoms with Crippen molar-refractivity contribution in [2.24, 2.45) is 5.41 Å². The molecule has 5 aromatic rings. The van der Waals surface area contributed by atoms with E-state index in [9.17, 15) is 17.6 Å². The molecule has 1 amide bonds. The Labute approximate surface area is 296 Å². The van der Waals surface area contributed by atoms with E-state index in [1.54, 1.807) is 36.5 Å². The maximum atomic E-state index is 14.7. The first-order valence-electron chi connectivity index (χ1n) is 16.7. The highest BCUT2D eigenvalue weighted by molar-refractivity contribution is 7.90. The fourth-order valence-electron chi connectivity index (χ4n) is 6.83. The Hall–Kier alpha value is -4.58. The van der Waals surface area contributed by atoms with E-state index in [2.05, 4.69) is 55.7 Å². The van der Waals surface area contributed by atoms with Crippen LogP contribution in [0.3, 0.4) is 0 Å². The number of allylic oxidation sites excluding steroid dienone is 1. The number of halogens is 2. The number of pyridine rings is 1. The lowest BCUT2D eigenvalue weighted by Crippen LogP contribution is -2.47. The van der Waals surface area contributed by atoms with Crippen molar-refractivity contribution in [3.63, 3.8) is 0 Å². The lowest BCUT2D eigenvalue weighted by molar-refractivity contribution is 0.0976. The number of piperazine rings is 1. The van der Waals surface area contributed by atoms with E-state index in [4.69, 9.17) is 11.6 Å². The van der Waals surface area contributed by atoms with Gasteiger partial charge in [-0.15, -0.1) is 0 Å². The summed E-state index contributed by atoms with van der Waals surface area (Å²) in [6.07, 6.45) is 4.89. The zero-order valence-electron chi connectivity index (χ0n) is 27.9. The number of benzene rings is 3. The van der Waals surface area contributed by atoms with E-state index in [-0.39, 0.29) is 21.7 Å². The molecule has 12 heteroatoms. The SMILES string of the molecule is CC1(C)CCC(CN2CCN(c3ccc(S(=O)(=O)NC(=O)c4ccc(F)c(-c5ccc6[nH]ncc6c5)n4)cc3)CC2)=C(c2ccc(Cl)cc2)C1. The topological polar surface area (TPSA) is 111 Å². The highest BCUT2D eigenvalue weighted by Crippen LogP contribution is 2.43. The van der Waals surface area contributed by atoms with Gasteiger partial charge in [-0.2, -0.15) is 5.10 Å². The van der Waals surface area contributed by atoms with Crippen LogP contribution in [0.4, 0.5) is 10.1 Å². The van der Waals surface area contributed by atoms with Crippen LogP contribution in [0, 0.1) is 11.2 Å². The van der Waals surface area contributed by atoms with Gasteiger partial charge in [-0.25, -0.2) is 22.5 Å². The summed E-state index contributed by atoms with van der Waals surface area (Å²) in [5.74, 6) is -1.59. The number of carbonyl (C=O) groups is 1. The number of anilines is 1. The Bertz CT molecular complexity index is 2190. The molecule has 9 nitrogen and oxygen atoms in total. The minimum absolute atomic E-state index is 0.0529. The molecule has 2 N–H and O–H groups in total. The van der Waals surface area contributed by atoms with Crippen LogP contribution in [0.15, 0.2) is 95.5 Å². The van der Waals surface area contributed by atoms with Gasteiger partial charge in [-0.3, -0.25) is 14.8 Å². The predicted molar refractivity (Wildman–Crippen MR) is 195 cm³/mol. The number of aromatic nitrogens is 3. The average Bonchev–Trinajstić information content (AvgIpc) is 3.58. The van der Waals surface area contributed by atoms with Crippen LogP contribution in [-0.2, 0) is 10.0 Å². The minimum atomic E-state index is -4.21. The molecule has 2 aliphatic rings. The number of fused-ring (bicyclic) bond motifs is 1. The summed E-state index contributed by atoms with van der Waals surface area (Å²) in [4.78, 5) is 21.9. The Balaban J connectivity index is 0.987. The van der Waals surface area contributed by atoms with Crippen molar-refractivity contribution in [2.75, 3.05) is 37.6 Å². The predicted octanol–water partition coefficient (Wildman–Crippen LogP) is 7.32. The monoisotopic (exact) mass is 712 g/mol. The quantitative estimate of drug-likeness (QED) is 0.173. The number of aromatic amines is 1. The Morgan fingerprint density at radius 3 is 2.42 bits per heavy atom. The first-order chi connectivity index (χ1) is 23.9. The molecule has 3 aromatic carbocycles. The van der Waals surface area contributed by atoms with Crippen LogP contribution in [-0.4, -0.2) is 67.1 Å². The van der Waals surface area contributed by atoms with Crippen molar-refractivity contribution >= 4 is 49.7 Å². The van der Waals surface area contributed by atoms with Gasteiger partial charge < -0.3 is 4.90 Å². The minimum Gasteiger partial charge on any atom is -0.369 e. The second-order valence-electron chi connectivity index (χ2n) is 13.8. The standard InChI is InChI=1S/C38H38ClFN6O3S/c1-38(2)16-15-27(32(22-38)25-3-6-29(39)7-4-25)24-45-17-19-46(20-18-45)30-8-10-31(11-9-30)50(48,49)44-37(47)35-14-12-33(40)36(42-35)26-5-13-34-28(21-26)23-41-43-34/h3-14,21,23H,15-20,22,24H2,1-2H3,(H,41,43)(H,44,47). The average molecular weight is 713 g/mol. The molecule has 1 aliphatic heterocycles. The van der Waals surface area contributed by atoms with Crippen LogP contribution >= 0.6 is 11.6 Å². The Morgan fingerprint density at radius 2 is 1.68 bits per heavy atom. The van der Waals surface area contributed by atoms with E-state index in [1.807, 2.05) is 12.1 Å². The number of sulfonamides is 1. The molecule has 0 atom stereocenters. The normalized spacial score (nSPS) is 16.9. The van der Waals surface area contributed by atoms with Crippen molar-refractivity contribution in [1.29, 1.82) is 0 Å². The first kappa shape index (κ1) is 33.9. The summed E-state index contributed by atoms with van der Waals surface area (Å²) in [5.41, 5.74) is 6.28. The van der Waals surface area contributed by atoms with Gasteiger partial charge in [0.1, 0.15) is 17.2 Å². The van der Waals surface area contributed by atoms with Crippen LogP contribution in [0.25, 0.3) is 27.7 Å². The van der Waals surface area contributed by atoms with Crippen molar-refractivity contribution in [1.82, 2.24) is 24.8 Å². The van der Waals surface area contributed by atoms with Crippen LogP contribution in [0.1, 0.15) is 49.2 Å². The number of amides is 1.